The summed E-state index contributed by atoms with van der Waals surface area (Å²) in [5.74, 6) is 1.33. The van der Waals surface area contributed by atoms with Crippen molar-refractivity contribution in [3.05, 3.63) is 146 Å². The summed E-state index contributed by atoms with van der Waals surface area (Å²) in [4.78, 5) is 10.3. The number of fused-ring (bicyclic) bond motifs is 5. The normalized spacial score (nSPS) is 11.6. The van der Waals surface area contributed by atoms with E-state index in [1.807, 2.05) is 48.5 Å². The number of hydrogen-bond acceptors (Lipinski definition) is 4. The molecule has 0 atom stereocenters. The molecule has 0 aliphatic heterocycles. The van der Waals surface area contributed by atoms with Gasteiger partial charge in [-0.2, -0.15) is 0 Å². The Balaban J connectivity index is 1.27. The van der Waals surface area contributed by atoms with E-state index in [9.17, 15) is 0 Å². The molecule has 3 heterocycles. The number of rotatable bonds is 4. The molecule has 0 aliphatic rings. The topological polar surface area (TPSA) is 52.1 Å². The van der Waals surface area contributed by atoms with E-state index < -0.39 is 0 Å². The minimum absolute atomic E-state index is 0.623. The summed E-state index contributed by atoms with van der Waals surface area (Å²) in [5.41, 5.74) is 8.26. The highest BCUT2D eigenvalue weighted by molar-refractivity contribution is 6.10. The van der Waals surface area contributed by atoms with Crippen LogP contribution in [0.3, 0.4) is 0 Å². The van der Waals surface area contributed by atoms with Crippen molar-refractivity contribution in [2.24, 2.45) is 0 Å². The summed E-state index contributed by atoms with van der Waals surface area (Å²) in [6, 6.07) is 49.8. The number of nitrogens with zero attached hydrogens (tertiary/aromatic N) is 2. The predicted molar refractivity (Wildman–Crippen MR) is 178 cm³/mol. The monoisotopic (exact) mass is 564 g/mol. The SMILES string of the molecule is c1ccc(-c2ccccc2-c2cc(-c3cc4ccccc4o3)nc(-c3ccc4oc5cc6ccccc6cc5c4c3)n2)cc1. The maximum absolute atomic E-state index is 6.30. The second kappa shape index (κ2) is 9.79. The van der Waals surface area contributed by atoms with Gasteiger partial charge in [-0.05, 0) is 70.4 Å². The maximum Gasteiger partial charge on any atom is 0.160 e. The molecular formula is C40H24N2O2. The molecule has 9 aromatic rings. The zero-order chi connectivity index (χ0) is 29.0. The van der Waals surface area contributed by atoms with Crippen molar-refractivity contribution in [1.82, 2.24) is 9.97 Å². The van der Waals surface area contributed by atoms with Crippen molar-refractivity contribution in [1.29, 1.82) is 0 Å². The summed E-state index contributed by atoms with van der Waals surface area (Å²) >= 11 is 0. The molecule has 0 radical (unpaired) electrons. The van der Waals surface area contributed by atoms with E-state index in [0.29, 0.717) is 11.6 Å². The van der Waals surface area contributed by atoms with Crippen molar-refractivity contribution in [3.63, 3.8) is 0 Å². The van der Waals surface area contributed by atoms with Crippen LogP contribution in [0, 0.1) is 0 Å². The highest BCUT2D eigenvalue weighted by Gasteiger charge is 2.17. The Labute approximate surface area is 252 Å². The molecule has 0 aliphatic carbocycles. The molecule has 0 spiro atoms. The largest absolute Gasteiger partial charge is 0.456 e. The number of hydrogen-bond donors (Lipinski definition) is 0. The van der Waals surface area contributed by atoms with Gasteiger partial charge in [0.2, 0.25) is 0 Å². The lowest BCUT2D eigenvalue weighted by Crippen LogP contribution is -1.96. The lowest BCUT2D eigenvalue weighted by Gasteiger charge is -2.12. The van der Waals surface area contributed by atoms with Crippen LogP contribution < -0.4 is 0 Å². The van der Waals surface area contributed by atoms with Crippen LogP contribution in [0.2, 0.25) is 0 Å². The van der Waals surface area contributed by atoms with Gasteiger partial charge in [0, 0.05) is 27.3 Å². The third-order valence-electron chi connectivity index (χ3n) is 8.29. The van der Waals surface area contributed by atoms with Gasteiger partial charge in [-0.1, -0.05) is 97.1 Å². The quantitative estimate of drug-likeness (QED) is 0.213. The zero-order valence-corrected chi connectivity index (χ0v) is 23.6. The number of para-hydroxylation sites is 1. The van der Waals surface area contributed by atoms with Gasteiger partial charge in [0.05, 0.1) is 5.69 Å². The smallest absolute Gasteiger partial charge is 0.160 e. The van der Waals surface area contributed by atoms with Gasteiger partial charge in [0.15, 0.2) is 11.6 Å². The van der Waals surface area contributed by atoms with Gasteiger partial charge in [-0.25, -0.2) is 9.97 Å². The molecule has 0 saturated carbocycles. The van der Waals surface area contributed by atoms with Crippen molar-refractivity contribution in [2.75, 3.05) is 0 Å². The van der Waals surface area contributed by atoms with Crippen molar-refractivity contribution in [2.45, 2.75) is 0 Å². The summed E-state index contributed by atoms with van der Waals surface area (Å²) in [6.45, 7) is 0. The highest BCUT2D eigenvalue weighted by atomic mass is 16.3. The van der Waals surface area contributed by atoms with E-state index in [-0.39, 0.29) is 0 Å². The third-order valence-corrected chi connectivity index (χ3v) is 8.29. The Hall–Kier alpha value is -6.00. The lowest BCUT2D eigenvalue weighted by atomic mass is 9.97. The van der Waals surface area contributed by atoms with Crippen molar-refractivity contribution >= 4 is 43.7 Å². The fourth-order valence-electron chi connectivity index (χ4n) is 6.13. The van der Waals surface area contributed by atoms with Crippen molar-refractivity contribution in [3.8, 4) is 45.2 Å². The van der Waals surface area contributed by atoms with E-state index in [1.165, 1.54) is 5.39 Å². The van der Waals surface area contributed by atoms with Crippen LogP contribution in [0.5, 0.6) is 0 Å². The van der Waals surface area contributed by atoms with Crippen LogP contribution >= 0.6 is 0 Å². The molecule has 44 heavy (non-hydrogen) atoms. The van der Waals surface area contributed by atoms with Crippen LogP contribution in [0.4, 0.5) is 0 Å². The van der Waals surface area contributed by atoms with E-state index in [0.717, 1.165) is 71.9 Å². The molecule has 0 saturated heterocycles. The first-order valence-electron chi connectivity index (χ1n) is 14.7. The van der Waals surface area contributed by atoms with Gasteiger partial charge in [-0.15, -0.1) is 0 Å². The average molecular weight is 565 g/mol. The summed E-state index contributed by atoms with van der Waals surface area (Å²) in [5, 5.41) is 5.47. The first-order chi connectivity index (χ1) is 21.8. The van der Waals surface area contributed by atoms with Gasteiger partial charge in [-0.3, -0.25) is 0 Å². The van der Waals surface area contributed by atoms with Crippen molar-refractivity contribution < 1.29 is 8.83 Å². The molecule has 206 valence electrons. The van der Waals surface area contributed by atoms with E-state index in [1.54, 1.807) is 0 Å². The van der Waals surface area contributed by atoms with Gasteiger partial charge < -0.3 is 8.83 Å². The molecule has 9 rings (SSSR count). The molecule has 0 amide bonds. The first-order valence-corrected chi connectivity index (χ1v) is 14.7. The van der Waals surface area contributed by atoms with E-state index >= 15 is 0 Å². The Kier molecular flexibility index (Phi) is 5.47. The van der Waals surface area contributed by atoms with Crippen LogP contribution in [-0.2, 0) is 0 Å². The summed E-state index contributed by atoms with van der Waals surface area (Å²) < 4.78 is 12.6. The lowest BCUT2D eigenvalue weighted by molar-refractivity contribution is 0.628. The Morgan fingerprint density at radius 2 is 1.07 bits per heavy atom. The zero-order valence-electron chi connectivity index (χ0n) is 23.6. The molecule has 6 aromatic carbocycles. The van der Waals surface area contributed by atoms with Crippen LogP contribution in [0.15, 0.2) is 154 Å². The van der Waals surface area contributed by atoms with E-state index in [2.05, 4.69) is 97.1 Å². The second-order valence-electron chi connectivity index (χ2n) is 11.0. The number of aromatic nitrogens is 2. The maximum atomic E-state index is 6.30. The van der Waals surface area contributed by atoms with Gasteiger partial charge >= 0.3 is 0 Å². The molecule has 4 nitrogen and oxygen atoms in total. The van der Waals surface area contributed by atoms with Gasteiger partial charge in [0.25, 0.3) is 0 Å². The number of benzene rings is 6. The Morgan fingerprint density at radius 3 is 1.91 bits per heavy atom. The molecule has 0 unspecified atom stereocenters. The molecule has 0 N–H and O–H groups in total. The molecular weight excluding hydrogens is 540 g/mol. The fourth-order valence-corrected chi connectivity index (χ4v) is 6.13. The van der Waals surface area contributed by atoms with Crippen LogP contribution in [-0.4, -0.2) is 9.97 Å². The molecule has 4 heteroatoms. The number of furan rings is 2. The Morgan fingerprint density at radius 1 is 0.386 bits per heavy atom. The summed E-state index contributed by atoms with van der Waals surface area (Å²) in [6.07, 6.45) is 0. The van der Waals surface area contributed by atoms with E-state index in [4.69, 9.17) is 18.8 Å². The van der Waals surface area contributed by atoms with Crippen LogP contribution in [0.25, 0.3) is 88.9 Å². The Bertz CT molecular complexity index is 2470. The summed E-state index contributed by atoms with van der Waals surface area (Å²) in [7, 11) is 0. The minimum Gasteiger partial charge on any atom is -0.456 e. The molecule has 0 fully saturated rings. The average Bonchev–Trinajstić information content (AvgIpc) is 3.68. The standard InChI is InChI=1S/C40H24N2O2/c1-2-10-25(11-3-1)30-15-7-8-16-31(30)34-24-35(39-23-28-14-6-9-17-36(28)43-39)42-40(41-34)29-18-19-37-32(21-29)33-20-26-12-4-5-13-27(26)22-38(33)44-37/h1-24H. The first kappa shape index (κ1) is 24.6. The minimum atomic E-state index is 0.623. The highest BCUT2D eigenvalue weighted by Crippen LogP contribution is 2.38. The molecule has 0 bridgehead atoms. The van der Waals surface area contributed by atoms with Gasteiger partial charge in [0.1, 0.15) is 22.4 Å². The fraction of sp³-hybridized carbons (Fsp3) is 0. The predicted octanol–water partition coefficient (Wildman–Crippen LogP) is 10.9. The third kappa shape index (κ3) is 4.08. The van der Waals surface area contributed by atoms with Crippen LogP contribution in [0.1, 0.15) is 0 Å². The molecule has 3 aromatic heterocycles. The second-order valence-corrected chi connectivity index (χ2v) is 11.0.